The molecule has 2 heterocycles. The Morgan fingerprint density at radius 3 is 2.83 bits per heavy atom. The molecule has 4 aliphatic rings. The van der Waals surface area contributed by atoms with Crippen LogP contribution in [-0.4, -0.2) is 53.2 Å². The third-order valence-electron chi connectivity index (χ3n) is 10.9. The maximum absolute atomic E-state index is 10.7. The van der Waals surface area contributed by atoms with E-state index in [9.17, 15) is 15.3 Å². The molecule has 1 fully saturated rings. The molecule has 2 bridgehead atoms. The number of benzene rings is 1. The van der Waals surface area contributed by atoms with E-state index in [4.69, 9.17) is 9.15 Å². The zero-order valence-corrected chi connectivity index (χ0v) is 27.8. The van der Waals surface area contributed by atoms with Crippen LogP contribution in [-0.2, 0) is 25.9 Å². The molecule has 6 N–H and O–H groups in total. The van der Waals surface area contributed by atoms with Crippen LogP contribution in [0.25, 0.3) is 0 Å². The lowest BCUT2D eigenvalue weighted by atomic mass is 9.64. The first-order valence-corrected chi connectivity index (χ1v) is 17.5. The average molecular weight is 632 g/mol. The Labute approximate surface area is 273 Å². The number of furan rings is 1. The highest BCUT2D eigenvalue weighted by atomic mass is 16.5. The number of phenolic OH excluding ortho intramolecular Hbond substituents is 1. The van der Waals surface area contributed by atoms with E-state index in [1.54, 1.807) is 6.07 Å². The Hall–Kier alpha value is -3.04. The standard InChI is InChI=1S/C38H53N3O5/c1-4-5-8-35-27(22-42)18-29(46-35)11-9-25-10-12-34(44)36(16-25)45-23-33(39-3)32-19-30-31(21-40-20-24(2)43)38-14-6-7-28(38)17-26(13-15-38)37(30)41-32/h10,12-13,15-16,18-19,24,26,28,31,33,39-44H,4-9,11,14,17,20-23H2,1-3H3. The van der Waals surface area contributed by atoms with E-state index in [1.165, 1.54) is 36.9 Å². The minimum absolute atomic E-state index is 0.00451. The Balaban J connectivity index is 1.15. The quantitative estimate of drug-likeness (QED) is 0.105. The van der Waals surface area contributed by atoms with Gasteiger partial charge in [-0.25, -0.2) is 0 Å². The first-order valence-electron chi connectivity index (χ1n) is 17.5. The molecule has 0 aliphatic heterocycles. The number of likely N-dealkylation sites (N-methyl/N-ethyl adjacent to an activating group) is 1. The van der Waals surface area contributed by atoms with Crippen molar-refractivity contribution in [1.82, 2.24) is 15.6 Å². The van der Waals surface area contributed by atoms with Gasteiger partial charge in [-0.2, -0.15) is 0 Å². The molecule has 7 rings (SSSR count). The number of ether oxygens (including phenoxy) is 1. The zero-order valence-electron chi connectivity index (χ0n) is 27.8. The topological polar surface area (TPSA) is 123 Å². The molecule has 8 nitrogen and oxygen atoms in total. The number of aliphatic hydroxyl groups is 2. The monoisotopic (exact) mass is 631 g/mol. The van der Waals surface area contributed by atoms with E-state index in [2.05, 4.69) is 40.8 Å². The molecule has 3 aromatic rings. The first-order chi connectivity index (χ1) is 22.3. The van der Waals surface area contributed by atoms with Crippen molar-refractivity contribution in [3.8, 4) is 11.5 Å². The summed E-state index contributed by atoms with van der Waals surface area (Å²) in [5.41, 5.74) is 5.94. The summed E-state index contributed by atoms with van der Waals surface area (Å²) >= 11 is 0. The highest BCUT2D eigenvalue weighted by Crippen LogP contribution is 2.62. The van der Waals surface area contributed by atoms with Gasteiger partial charge in [-0.3, -0.25) is 0 Å². The number of aliphatic hydroxyl groups excluding tert-OH is 2. The largest absolute Gasteiger partial charge is 0.504 e. The Morgan fingerprint density at radius 2 is 2.04 bits per heavy atom. The number of phenols is 1. The summed E-state index contributed by atoms with van der Waals surface area (Å²) in [6.45, 7) is 5.80. The molecule has 1 aromatic carbocycles. The number of allylic oxidation sites excluding steroid dienone is 2. The molecule has 250 valence electrons. The maximum Gasteiger partial charge on any atom is 0.161 e. The van der Waals surface area contributed by atoms with Gasteiger partial charge in [-0.1, -0.05) is 38.0 Å². The van der Waals surface area contributed by atoms with Crippen LogP contribution in [0.3, 0.4) is 0 Å². The van der Waals surface area contributed by atoms with Crippen molar-refractivity contribution in [2.24, 2.45) is 11.3 Å². The van der Waals surface area contributed by atoms with E-state index in [-0.39, 0.29) is 29.9 Å². The molecule has 46 heavy (non-hydrogen) atoms. The fourth-order valence-electron chi connectivity index (χ4n) is 8.40. The second-order valence-electron chi connectivity index (χ2n) is 13.9. The summed E-state index contributed by atoms with van der Waals surface area (Å²) in [4.78, 5) is 3.83. The van der Waals surface area contributed by atoms with Gasteiger partial charge in [0, 0.05) is 54.7 Å². The molecule has 6 unspecified atom stereocenters. The highest BCUT2D eigenvalue weighted by molar-refractivity contribution is 5.45. The van der Waals surface area contributed by atoms with Gasteiger partial charge >= 0.3 is 0 Å². The summed E-state index contributed by atoms with van der Waals surface area (Å²) in [5.74, 6) is 3.82. The summed E-state index contributed by atoms with van der Waals surface area (Å²) in [6, 6.07) is 9.80. The minimum atomic E-state index is -0.371. The van der Waals surface area contributed by atoms with Crippen molar-refractivity contribution in [3.63, 3.8) is 0 Å². The van der Waals surface area contributed by atoms with Gasteiger partial charge in [0.15, 0.2) is 11.5 Å². The molecule has 4 aliphatic carbocycles. The SMILES string of the molecule is CCCCc1oc(CCc2ccc(O)c(OCC(NC)c3cc4c([nH]3)C3C=CC5(CCCC5C3)C4CNCC(C)O)c2)cc1CO. The van der Waals surface area contributed by atoms with Crippen molar-refractivity contribution >= 4 is 0 Å². The van der Waals surface area contributed by atoms with Gasteiger partial charge in [-0.05, 0) is 92.8 Å². The van der Waals surface area contributed by atoms with E-state index in [0.717, 1.165) is 60.6 Å². The van der Waals surface area contributed by atoms with Gasteiger partial charge in [0.1, 0.15) is 18.1 Å². The summed E-state index contributed by atoms with van der Waals surface area (Å²) < 4.78 is 12.4. The van der Waals surface area contributed by atoms with E-state index in [0.29, 0.717) is 43.1 Å². The van der Waals surface area contributed by atoms with Crippen LogP contribution in [0.2, 0.25) is 0 Å². The number of rotatable bonds is 16. The fraction of sp³-hybridized carbons (Fsp3) is 0.579. The molecule has 1 saturated carbocycles. The molecular formula is C38H53N3O5. The number of hydrogen-bond acceptors (Lipinski definition) is 7. The Kier molecular flexibility index (Phi) is 10.3. The Morgan fingerprint density at radius 1 is 1.17 bits per heavy atom. The van der Waals surface area contributed by atoms with Gasteiger partial charge < -0.3 is 40.1 Å². The van der Waals surface area contributed by atoms with Crippen LogP contribution in [0.4, 0.5) is 0 Å². The van der Waals surface area contributed by atoms with Crippen LogP contribution in [0.1, 0.15) is 110 Å². The molecule has 0 radical (unpaired) electrons. The number of hydrogen-bond donors (Lipinski definition) is 6. The van der Waals surface area contributed by atoms with Gasteiger partial charge in [0.2, 0.25) is 0 Å². The number of H-pyrrole nitrogens is 1. The Bertz CT molecular complexity index is 1490. The van der Waals surface area contributed by atoms with Crippen LogP contribution in [0, 0.1) is 11.3 Å². The molecule has 0 amide bonds. The summed E-state index contributed by atoms with van der Waals surface area (Å²) in [6.07, 6.45) is 14.0. The number of nitrogens with one attached hydrogen (secondary N) is 3. The lowest BCUT2D eigenvalue weighted by Gasteiger charge is -2.41. The van der Waals surface area contributed by atoms with Gasteiger partial charge in [0.05, 0.1) is 18.8 Å². The third kappa shape index (κ3) is 6.68. The van der Waals surface area contributed by atoms with Gasteiger partial charge in [-0.15, -0.1) is 0 Å². The predicted octanol–water partition coefficient (Wildman–Crippen LogP) is 6.17. The molecule has 6 atom stereocenters. The molecule has 0 saturated heterocycles. The maximum atomic E-state index is 10.7. The van der Waals surface area contributed by atoms with E-state index < -0.39 is 0 Å². The van der Waals surface area contributed by atoms with Crippen LogP contribution in [0.15, 0.2) is 46.9 Å². The van der Waals surface area contributed by atoms with Crippen LogP contribution >= 0.6 is 0 Å². The smallest absolute Gasteiger partial charge is 0.161 e. The number of aromatic nitrogens is 1. The molecular weight excluding hydrogens is 578 g/mol. The third-order valence-corrected chi connectivity index (χ3v) is 10.9. The van der Waals surface area contributed by atoms with Crippen LogP contribution in [0.5, 0.6) is 11.5 Å². The number of aryl methyl sites for hydroxylation is 3. The molecule has 2 aromatic heterocycles. The van der Waals surface area contributed by atoms with Crippen molar-refractivity contribution < 1.29 is 24.5 Å². The average Bonchev–Trinajstić information content (AvgIpc) is 3.76. The van der Waals surface area contributed by atoms with Crippen molar-refractivity contribution in [1.29, 1.82) is 0 Å². The molecule has 1 spiro atoms. The highest BCUT2D eigenvalue weighted by Gasteiger charge is 2.53. The van der Waals surface area contributed by atoms with E-state index in [1.807, 2.05) is 32.2 Å². The van der Waals surface area contributed by atoms with Crippen molar-refractivity contribution in [3.05, 3.63) is 82.1 Å². The fourth-order valence-corrected chi connectivity index (χ4v) is 8.40. The number of aromatic amines is 1. The molecule has 8 heteroatoms. The number of unbranched alkanes of at least 4 members (excludes halogenated alkanes) is 1. The zero-order chi connectivity index (χ0) is 32.3. The number of aromatic hydroxyl groups is 1. The van der Waals surface area contributed by atoms with Crippen molar-refractivity contribution in [2.75, 3.05) is 26.7 Å². The van der Waals surface area contributed by atoms with E-state index >= 15 is 0 Å². The van der Waals surface area contributed by atoms with Crippen molar-refractivity contribution in [2.45, 2.75) is 102 Å². The van der Waals surface area contributed by atoms with Gasteiger partial charge in [0.25, 0.3) is 0 Å². The first kappa shape index (κ1) is 32.9. The summed E-state index contributed by atoms with van der Waals surface area (Å²) in [7, 11) is 1.95. The lowest BCUT2D eigenvalue weighted by molar-refractivity contribution is 0.172. The predicted molar refractivity (Wildman–Crippen MR) is 180 cm³/mol. The lowest BCUT2D eigenvalue weighted by Crippen LogP contribution is -2.39. The normalized spacial score (nSPS) is 24.5. The second-order valence-corrected chi connectivity index (χ2v) is 13.9. The minimum Gasteiger partial charge on any atom is -0.504 e. The van der Waals surface area contributed by atoms with Crippen LogP contribution < -0.4 is 15.4 Å². The summed E-state index contributed by atoms with van der Waals surface area (Å²) in [5, 5.41) is 37.4. The second kappa shape index (κ2) is 14.4.